The zero-order valence-electron chi connectivity index (χ0n) is 12.7. The van der Waals surface area contributed by atoms with Gasteiger partial charge < -0.3 is 14.7 Å². The summed E-state index contributed by atoms with van der Waals surface area (Å²) in [6, 6.07) is 0. The average molecular weight is 281 g/mol. The fraction of sp³-hybridized carbons (Fsp3) is 0.938. The van der Waals surface area contributed by atoms with Gasteiger partial charge in [-0.3, -0.25) is 4.79 Å². The third kappa shape index (κ3) is 2.17. The number of carbonyl (C=O) groups is 1. The smallest absolute Gasteiger partial charge is 0.225 e. The molecule has 4 heteroatoms. The highest BCUT2D eigenvalue weighted by Crippen LogP contribution is 2.51. The lowest BCUT2D eigenvalue weighted by molar-refractivity contribution is -0.210. The molecule has 0 radical (unpaired) electrons. The van der Waals surface area contributed by atoms with E-state index in [0.717, 1.165) is 51.1 Å². The number of aliphatic hydroxyl groups excluding tert-OH is 1. The Hall–Kier alpha value is -0.610. The number of ether oxygens (including phenoxy) is 1. The SMILES string of the molecule is CCO[C@@H]1C[C@@H](O)C12CCN(C(=O)C1CC(C)C1)CC2. The van der Waals surface area contributed by atoms with Crippen LogP contribution in [0.5, 0.6) is 0 Å². The van der Waals surface area contributed by atoms with Crippen LogP contribution in [0, 0.1) is 17.3 Å². The number of hydrogen-bond acceptors (Lipinski definition) is 3. The lowest BCUT2D eigenvalue weighted by atomic mass is 9.58. The Morgan fingerprint density at radius 2 is 1.95 bits per heavy atom. The van der Waals surface area contributed by atoms with Gasteiger partial charge in [0.25, 0.3) is 0 Å². The van der Waals surface area contributed by atoms with E-state index in [1.165, 1.54) is 0 Å². The monoisotopic (exact) mass is 281 g/mol. The predicted octanol–water partition coefficient (Wildman–Crippen LogP) is 1.81. The molecule has 2 aliphatic carbocycles. The normalized spacial score (nSPS) is 39.2. The molecule has 20 heavy (non-hydrogen) atoms. The lowest BCUT2D eigenvalue weighted by Crippen LogP contribution is -2.63. The highest BCUT2D eigenvalue weighted by molar-refractivity contribution is 5.79. The Balaban J connectivity index is 1.55. The first-order valence-electron chi connectivity index (χ1n) is 8.15. The van der Waals surface area contributed by atoms with Crippen LogP contribution in [0.4, 0.5) is 0 Å². The molecule has 4 nitrogen and oxygen atoms in total. The Bertz CT molecular complexity index is 368. The summed E-state index contributed by atoms with van der Waals surface area (Å²) in [5.74, 6) is 1.34. The van der Waals surface area contributed by atoms with Gasteiger partial charge in [-0.05, 0) is 38.5 Å². The van der Waals surface area contributed by atoms with Crippen LogP contribution < -0.4 is 0 Å². The summed E-state index contributed by atoms with van der Waals surface area (Å²) in [6.07, 6.45) is 4.64. The number of amides is 1. The summed E-state index contributed by atoms with van der Waals surface area (Å²) in [6.45, 7) is 6.53. The molecule has 0 aromatic carbocycles. The molecular weight excluding hydrogens is 254 g/mol. The molecular formula is C16H27NO3. The summed E-state index contributed by atoms with van der Waals surface area (Å²) in [7, 11) is 0. The highest BCUT2D eigenvalue weighted by atomic mass is 16.5. The maximum atomic E-state index is 12.4. The second-order valence-electron chi connectivity index (χ2n) is 7.03. The predicted molar refractivity (Wildman–Crippen MR) is 76.2 cm³/mol. The van der Waals surface area contributed by atoms with Crippen molar-refractivity contribution in [1.29, 1.82) is 0 Å². The molecule has 1 heterocycles. The van der Waals surface area contributed by atoms with Crippen molar-refractivity contribution in [3.8, 4) is 0 Å². The molecule has 3 rings (SSSR count). The lowest BCUT2D eigenvalue weighted by Gasteiger charge is -2.57. The Morgan fingerprint density at radius 3 is 2.45 bits per heavy atom. The topological polar surface area (TPSA) is 49.8 Å². The fourth-order valence-electron chi connectivity index (χ4n) is 4.32. The minimum Gasteiger partial charge on any atom is -0.392 e. The van der Waals surface area contributed by atoms with Crippen LogP contribution in [0.2, 0.25) is 0 Å². The quantitative estimate of drug-likeness (QED) is 0.858. The van der Waals surface area contributed by atoms with E-state index >= 15 is 0 Å². The van der Waals surface area contributed by atoms with Gasteiger partial charge in [0.1, 0.15) is 0 Å². The van der Waals surface area contributed by atoms with Gasteiger partial charge in [-0.2, -0.15) is 0 Å². The second kappa shape index (κ2) is 5.30. The van der Waals surface area contributed by atoms with Gasteiger partial charge in [0.2, 0.25) is 5.91 Å². The summed E-state index contributed by atoms with van der Waals surface area (Å²) in [5, 5.41) is 10.2. The zero-order chi connectivity index (χ0) is 14.3. The van der Waals surface area contributed by atoms with E-state index in [0.29, 0.717) is 12.5 Å². The third-order valence-corrected chi connectivity index (χ3v) is 5.84. The van der Waals surface area contributed by atoms with Crippen LogP contribution in [0.25, 0.3) is 0 Å². The number of piperidine rings is 1. The zero-order valence-corrected chi connectivity index (χ0v) is 12.7. The van der Waals surface area contributed by atoms with Gasteiger partial charge in [-0.1, -0.05) is 6.92 Å². The summed E-state index contributed by atoms with van der Waals surface area (Å²) < 4.78 is 5.77. The average Bonchev–Trinajstić information content (AvgIpc) is 2.43. The number of rotatable bonds is 3. The first kappa shape index (κ1) is 14.3. The van der Waals surface area contributed by atoms with Crippen molar-refractivity contribution in [3.63, 3.8) is 0 Å². The van der Waals surface area contributed by atoms with Gasteiger partial charge in [0.15, 0.2) is 0 Å². The standard InChI is InChI=1S/C16H27NO3/c1-3-20-14-10-13(18)16(14)4-6-17(7-5-16)15(19)12-8-11(2)9-12/h11-14,18H,3-10H2,1-2H3/t11?,12?,13-,14-/m1/s1. The summed E-state index contributed by atoms with van der Waals surface area (Å²) >= 11 is 0. The summed E-state index contributed by atoms with van der Waals surface area (Å²) in [4.78, 5) is 14.4. The molecule has 0 unspecified atom stereocenters. The molecule has 114 valence electrons. The molecule has 2 saturated carbocycles. The Kier molecular flexibility index (Phi) is 3.80. The highest BCUT2D eigenvalue weighted by Gasteiger charge is 2.56. The molecule has 3 aliphatic rings. The largest absolute Gasteiger partial charge is 0.392 e. The molecule has 1 saturated heterocycles. The van der Waals surface area contributed by atoms with Crippen molar-refractivity contribution in [2.75, 3.05) is 19.7 Å². The van der Waals surface area contributed by atoms with Crippen molar-refractivity contribution in [2.24, 2.45) is 17.3 Å². The van der Waals surface area contributed by atoms with Crippen LogP contribution >= 0.6 is 0 Å². The number of carbonyl (C=O) groups excluding carboxylic acids is 1. The molecule has 1 N–H and O–H groups in total. The molecule has 3 fully saturated rings. The van der Waals surface area contributed by atoms with E-state index in [2.05, 4.69) is 6.92 Å². The Labute approximate surface area is 121 Å². The van der Waals surface area contributed by atoms with Crippen LogP contribution in [0.15, 0.2) is 0 Å². The van der Waals surface area contributed by atoms with Crippen LogP contribution in [-0.4, -0.2) is 47.8 Å². The number of likely N-dealkylation sites (tertiary alicyclic amines) is 1. The maximum absolute atomic E-state index is 12.4. The minimum absolute atomic E-state index is 0.0697. The van der Waals surface area contributed by atoms with Crippen LogP contribution in [0.1, 0.15) is 46.0 Å². The molecule has 1 amide bonds. The molecule has 1 spiro atoms. The Morgan fingerprint density at radius 1 is 1.30 bits per heavy atom. The van der Waals surface area contributed by atoms with Gasteiger partial charge in [-0.25, -0.2) is 0 Å². The maximum Gasteiger partial charge on any atom is 0.225 e. The van der Waals surface area contributed by atoms with Gasteiger partial charge in [-0.15, -0.1) is 0 Å². The van der Waals surface area contributed by atoms with Crippen LogP contribution in [0.3, 0.4) is 0 Å². The van der Waals surface area contributed by atoms with Gasteiger partial charge in [0, 0.05) is 37.5 Å². The third-order valence-electron chi connectivity index (χ3n) is 5.84. The second-order valence-corrected chi connectivity index (χ2v) is 7.03. The van der Waals surface area contributed by atoms with E-state index in [4.69, 9.17) is 4.74 Å². The molecule has 0 aromatic rings. The van der Waals surface area contributed by atoms with Crippen molar-refractivity contribution >= 4 is 5.91 Å². The fourth-order valence-corrected chi connectivity index (χ4v) is 4.32. The van der Waals surface area contributed by atoms with Crippen molar-refractivity contribution in [1.82, 2.24) is 4.90 Å². The van der Waals surface area contributed by atoms with Gasteiger partial charge >= 0.3 is 0 Å². The van der Waals surface area contributed by atoms with Crippen molar-refractivity contribution in [2.45, 2.75) is 58.2 Å². The van der Waals surface area contributed by atoms with Crippen molar-refractivity contribution < 1.29 is 14.6 Å². The van der Waals surface area contributed by atoms with E-state index in [-0.39, 0.29) is 23.5 Å². The number of aliphatic hydroxyl groups is 1. The van der Waals surface area contributed by atoms with E-state index < -0.39 is 0 Å². The van der Waals surface area contributed by atoms with E-state index in [1.54, 1.807) is 0 Å². The number of hydrogen-bond donors (Lipinski definition) is 1. The first-order chi connectivity index (χ1) is 9.56. The summed E-state index contributed by atoms with van der Waals surface area (Å²) in [5.41, 5.74) is -0.0697. The van der Waals surface area contributed by atoms with Crippen LogP contribution in [-0.2, 0) is 9.53 Å². The van der Waals surface area contributed by atoms with Crippen molar-refractivity contribution in [3.05, 3.63) is 0 Å². The van der Waals surface area contributed by atoms with Gasteiger partial charge in [0.05, 0.1) is 12.2 Å². The first-order valence-corrected chi connectivity index (χ1v) is 8.15. The molecule has 0 bridgehead atoms. The van der Waals surface area contributed by atoms with E-state index in [1.807, 2.05) is 11.8 Å². The van der Waals surface area contributed by atoms with E-state index in [9.17, 15) is 9.90 Å². The molecule has 1 aliphatic heterocycles. The minimum atomic E-state index is -0.236. The molecule has 2 atom stereocenters. The molecule has 0 aromatic heterocycles. The number of nitrogens with zero attached hydrogens (tertiary/aromatic N) is 1.